The molecule has 2 aromatic carbocycles. The fourth-order valence-electron chi connectivity index (χ4n) is 4.52. The number of methoxy groups -OCH3 is 2. The van der Waals surface area contributed by atoms with Gasteiger partial charge < -0.3 is 19.3 Å². The second-order valence-corrected chi connectivity index (χ2v) is 7.79. The molecule has 0 spiro atoms. The van der Waals surface area contributed by atoms with Gasteiger partial charge in [0.15, 0.2) is 11.5 Å². The first-order valence-electron chi connectivity index (χ1n) is 10.5. The van der Waals surface area contributed by atoms with Gasteiger partial charge in [-0.15, -0.1) is 0 Å². The van der Waals surface area contributed by atoms with Crippen LogP contribution >= 0.6 is 0 Å². The third-order valence-corrected chi connectivity index (χ3v) is 6.08. The van der Waals surface area contributed by atoms with Crippen LogP contribution in [0.15, 0.2) is 42.5 Å². The predicted octanol–water partition coefficient (Wildman–Crippen LogP) is 3.19. The summed E-state index contributed by atoms with van der Waals surface area (Å²) in [5.41, 5.74) is 3.30. The summed E-state index contributed by atoms with van der Waals surface area (Å²) in [7, 11) is 3.26. The highest BCUT2D eigenvalue weighted by molar-refractivity contribution is 5.81. The first kappa shape index (κ1) is 20.3. The number of hydrogen-bond donors (Lipinski definition) is 0. The minimum Gasteiger partial charge on any atom is -0.493 e. The number of carbonyl (C=O) groups is 2. The molecule has 0 saturated carbocycles. The maximum absolute atomic E-state index is 13.3. The molecule has 30 heavy (non-hydrogen) atoms. The molecule has 1 fully saturated rings. The van der Waals surface area contributed by atoms with Crippen LogP contribution < -0.4 is 9.47 Å². The molecule has 2 aromatic rings. The van der Waals surface area contributed by atoms with E-state index in [0.717, 1.165) is 30.5 Å². The van der Waals surface area contributed by atoms with Gasteiger partial charge >= 0.3 is 0 Å². The summed E-state index contributed by atoms with van der Waals surface area (Å²) in [6.07, 6.45) is 2.59. The van der Waals surface area contributed by atoms with Gasteiger partial charge in [-0.1, -0.05) is 30.3 Å². The Morgan fingerprint density at radius 2 is 1.77 bits per heavy atom. The van der Waals surface area contributed by atoms with Crippen molar-refractivity contribution < 1.29 is 19.1 Å². The van der Waals surface area contributed by atoms with Crippen molar-refractivity contribution in [1.82, 2.24) is 9.80 Å². The summed E-state index contributed by atoms with van der Waals surface area (Å²) < 4.78 is 11.0. The lowest BCUT2D eigenvalue weighted by molar-refractivity contribution is -0.134. The third kappa shape index (κ3) is 3.86. The Balaban J connectivity index is 1.65. The highest BCUT2D eigenvalue weighted by Crippen LogP contribution is 2.41. The van der Waals surface area contributed by atoms with Crippen LogP contribution in [0.3, 0.4) is 0 Å². The number of hydrogen-bond acceptors (Lipinski definition) is 4. The Morgan fingerprint density at radius 3 is 2.43 bits per heavy atom. The zero-order valence-electron chi connectivity index (χ0n) is 17.6. The van der Waals surface area contributed by atoms with Gasteiger partial charge in [0.25, 0.3) is 0 Å². The number of benzene rings is 2. The fraction of sp³-hybridized carbons (Fsp3) is 0.417. The third-order valence-electron chi connectivity index (χ3n) is 6.08. The first-order valence-corrected chi connectivity index (χ1v) is 10.5. The molecule has 1 unspecified atom stereocenters. The van der Waals surface area contributed by atoms with E-state index in [1.165, 1.54) is 5.56 Å². The van der Waals surface area contributed by atoms with Crippen LogP contribution in [0.2, 0.25) is 0 Å². The maximum Gasteiger partial charge on any atom is 0.225 e. The second-order valence-electron chi connectivity index (χ2n) is 7.79. The number of rotatable bonds is 6. The van der Waals surface area contributed by atoms with E-state index in [1.807, 2.05) is 35.2 Å². The zero-order valence-corrected chi connectivity index (χ0v) is 17.6. The van der Waals surface area contributed by atoms with Crippen LogP contribution in [0.1, 0.15) is 42.0 Å². The number of amides is 2. The average molecular weight is 408 g/mol. The van der Waals surface area contributed by atoms with E-state index in [0.29, 0.717) is 37.4 Å². The van der Waals surface area contributed by atoms with E-state index in [2.05, 4.69) is 12.1 Å². The minimum absolute atomic E-state index is 0.0731. The Kier molecular flexibility index (Phi) is 5.93. The first-order chi connectivity index (χ1) is 14.6. The van der Waals surface area contributed by atoms with E-state index >= 15 is 0 Å². The standard InChI is InChI=1S/C24H28N2O4/c1-29-20-15-18-10-14-26(23(28)11-13-25-12-6-9-22(25)27)24(17-7-4-3-5-8-17)19(18)16-21(20)30-2/h3-5,7-8,15-16,24H,6,9-14H2,1-2H3. The average Bonchev–Trinajstić information content (AvgIpc) is 3.20. The molecule has 158 valence electrons. The van der Waals surface area contributed by atoms with Gasteiger partial charge in [0.05, 0.1) is 20.3 Å². The number of likely N-dealkylation sites (tertiary alicyclic amines) is 1. The molecule has 2 aliphatic heterocycles. The van der Waals surface area contributed by atoms with Crippen LogP contribution in [0.25, 0.3) is 0 Å². The van der Waals surface area contributed by atoms with E-state index in [9.17, 15) is 9.59 Å². The van der Waals surface area contributed by atoms with Gasteiger partial charge in [0.2, 0.25) is 11.8 Å². The molecule has 6 nitrogen and oxygen atoms in total. The van der Waals surface area contributed by atoms with Crippen molar-refractivity contribution in [3.8, 4) is 11.5 Å². The lowest BCUT2D eigenvalue weighted by Crippen LogP contribution is -2.42. The van der Waals surface area contributed by atoms with Crippen molar-refractivity contribution in [3.05, 3.63) is 59.2 Å². The monoisotopic (exact) mass is 408 g/mol. The molecular weight excluding hydrogens is 380 g/mol. The molecule has 2 aliphatic rings. The molecule has 1 atom stereocenters. The molecule has 0 aromatic heterocycles. The van der Waals surface area contributed by atoms with E-state index in [-0.39, 0.29) is 17.9 Å². The largest absolute Gasteiger partial charge is 0.493 e. The molecule has 2 heterocycles. The molecule has 6 heteroatoms. The Labute approximate surface area is 177 Å². The number of nitrogens with zero attached hydrogens (tertiary/aromatic N) is 2. The maximum atomic E-state index is 13.3. The number of carbonyl (C=O) groups excluding carboxylic acids is 2. The molecule has 0 bridgehead atoms. The lowest BCUT2D eigenvalue weighted by Gasteiger charge is -2.38. The van der Waals surface area contributed by atoms with Crippen molar-refractivity contribution in [2.24, 2.45) is 0 Å². The Hall–Kier alpha value is -3.02. The Bertz CT molecular complexity index is 928. The topological polar surface area (TPSA) is 59.1 Å². The molecule has 2 amide bonds. The summed E-state index contributed by atoms with van der Waals surface area (Å²) in [5.74, 6) is 1.59. The smallest absolute Gasteiger partial charge is 0.225 e. The van der Waals surface area contributed by atoms with E-state index < -0.39 is 0 Å². The van der Waals surface area contributed by atoms with Crippen LogP contribution in [0.4, 0.5) is 0 Å². The van der Waals surface area contributed by atoms with Gasteiger partial charge in [-0.25, -0.2) is 0 Å². The van der Waals surface area contributed by atoms with Gasteiger partial charge in [-0.05, 0) is 41.7 Å². The molecule has 1 saturated heterocycles. The van der Waals surface area contributed by atoms with Gasteiger partial charge in [0.1, 0.15) is 0 Å². The highest BCUT2D eigenvalue weighted by Gasteiger charge is 2.33. The van der Waals surface area contributed by atoms with Gasteiger partial charge in [-0.3, -0.25) is 9.59 Å². The summed E-state index contributed by atoms with van der Waals surface area (Å²) in [6, 6.07) is 13.9. The molecule has 0 radical (unpaired) electrons. The van der Waals surface area contributed by atoms with Crippen molar-refractivity contribution in [2.45, 2.75) is 31.7 Å². The van der Waals surface area contributed by atoms with Crippen LogP contribution in [-0.4, -0.2) is 55.5 Å². The fourth-order valence-corrected chi connectivity index (χ4v) is 4.52. The lowest BCUT2D eigenvalue weighted by atomic mass is 9.87. The second kappa shape index (κ2) is 8.78. The summed E-state index contributed by atoms with van der Waals surface area (Å²) >= 11 is 0. The quantitative estimate of drug-likeness (QED) is 0.737. The molecule has 4 rings (SSSR count). The number of fused-ring (bicyclic) bond motifs is 1. The van der Waals surface area contributed by atoms with Crippen molar-refractivity contribution in [1.29, 1.82) is 0 Å². The summed E-state index contributed by atoms with van der Waals surface area (Å²) in [6.45, 7) is 1.89. The SMILES string of the molecule is COc1cc2c(cc1OC)C(c1ccccc1)N(C(=O)CCN1CCCC1=O)CC2. The van der Waals surface area contributed by atoms with E-state index in [1.54, 1.807) is 19.1 Å². The Morgan fingerprint density at radius 1 is 1.03 bits per heavy atom. The van der Waals surface area contributed by atoms with E-state index in [4.69, 9.17) is 9.47 Å². The van der Waals surface area contributed by atoms with Crippen LogP contribution in [-0.2, 0) is 16.0 Å². The highest BCUT2D eigenvalue weighted by atomic mass is 16.5. The van der Waals surface area contributed by atoms with Crippen molar-refractivity contribution in [2.75, 3.05) is 33.9 Å². The van der Waals surface area contributed by atoms with Crippen LogP contribution in [0.5, 0.6) is 11.5 Å². The minimum atomic E-state index is -0.184. The van der Waals surface area contributed by atoms with Gasteiger partial charge in [0, 0.05) is 32.5 Å². The summed E-state index contributed by atoms with van der Waals surface area (Å²) in [5, 5.41) is 0. The van der Waals surface area contributed by atoms with Crippen molar-refractivity contribution in [3.63, 3.8) is 0 Å². The summed E-state index contributed by atoms with van der Waals surface area (Å²) in [4.78, 5) is 28.9. The van der Waals surface area contributed by atoms with Crippen molar-refractivity contribution >= 4 is 11.8 Å². The predicted molar refractivity (Wildman–Crippen MR) is 114 cm³/mol. The normalized spacial score (nSPS) is 18.3. The molecule has 0 N–H and O–H groups in total. The number of ether oxygens (including phenoxy) is 2. The van der Waals surface area contributed by atoms with Crippen LogP contribution in [0, 0.1) is 0 Å². The molecule has 0 aliphatic carbocycles. The molecular formula is C24H28N2O4. The van der Waals surface area contributed by atoms with Gasteiger partial charge in [-0.2, -0.15) is 0 Å². The zero-order chi connectivity index (χ0) is 21.1.